The van der Waals surface area contributed by atoms with Crippen LogP contribution in [0.1, 0.15) is 47.5 Å². The molecule has 0 aliphatic carbocycles. The number of para-hydroxylation sites is 1. The van der Waals surface area contributed by atoms with Crippen LogP contribution in [0.25, 0.3) is 11.0 Å². The zero-order chi connectivity index (χ0) is 22.0. The zero-order valence-corrected chi connectivity index (χ0v) is 18.3. The Kier molecular flexibility index (Phi) is 6.09. The lowest BCUT2D eigenvalue weighted by atomic mass is 9.98. The molecule has 162 valence electrons. The lowest BCUT2D eigenvalue weighted by Crippen LogP contribution is -3.05. The quantitative estimate of drug-likeness (QED) is 0.607. The van der Waals surface area contributed by atoms with E-state index in [9.17, 15) is 9.59 Å². The highest BCUT2D eigenvalue weighted by Crippen LogP contribution is 2.38. The third kappa shape index (κ3) is 4.08. The van der Waals surface area contributed by atoms with Gasteiger partial charge >= 0.3 is 0 Å². The average Bonchev–Trinajstić information content (AvgIpc) is 3.05. The van der Waals surface area contributed by atoms with Crippen LogP contribution in [-0.2, 0) is 0 Å². The van der Waals surface area contributed by atoms with Crippen molar-refractivity contribution in [2.75, 3.05) is 33.8 Å². The molecular weight excluding hydrogens is 392 g/mol. The number of hydrogen-bond acceptors (Lipinski definition) is 4. The Morgan fingerprint density at radius 1 is 1.06 bits per heavy atom. The molecule has 1 aromatic heterocycles. The van der Waals surface area contributed by atoms with Crippen LogP contribution in [0.15, 0.2) is 57.7 Å². The first kappa shape index (κ1) is 21.1. The number of amides is 1. The molecule has 2 aromatic carbocycles. The van der Waals surface area contributed by atoms with Crippen LogP contribution in [0.5, 0.6) is 5.75 Å². The Morgan fingerprint density at radius 3 is 2.52 bits per heavy atom. The number of fused-ring (bicyclic) bond motifs is 2. The molecule has 1 amide bonds. The second kappa shape index (κ2) is 8.94. The number of benzene rings is 2. The molecule has 0 fully saturated rings. The van der Waals surface area contributed by atoms with Gasteiger partial charge in [0.1, 0.15) is 11.3 Å². The van der Waals surface area contributed by atoms with Gasteiger partial charge in [0.25, 0.3) is 5.91 Å². The number of carbonyl (C=O) groups excluding carboxylic acids is 1. The van der Waals surface area contributed by atoms with Crippen LogP contribution in [0, 0.1) is 0 Å². The fraction of sp³-hybridized carbons (Fsp3) is 0.360. The van der Waals surface area contributed by atoms with Crippen molar-refractivity contribution < 1.29 is 18.8 Å². The van der Waals surface area contributed by atoms with Crippen molar-refractivity contribution in [3.05, 3.63) is 75.6 Å². The van der Waals surface area contributed by atoms with Gasteiger partial charge in [-0.25, -0.2) is 0 Å². The molecule has 2 heterocycles. The van der Waals surface area contributed by atoms with Gasteiger partial charge < -0.3 is 19.0 Å². The highest BCUT2D eigenvalue weighted by molar-refractivity contribution is 5.99. The van der Waals surface area contributed by atoms with Crippen molar-refractivity contribution >= 4 is 16.9 Å². The molecule has 0 radical (unpaired) electrons. The van der Waals surface area contributed by atoms with Gasteiger partial charge in [-0.05, 0) is 36.2 Å². The predicted molar refractivity (Wildman–Crippen MR) is 120 cm³/mol. The van der Waals surface area contributed by atoms with Crippen molar-refractivity contribution in [3.63, 3.8) is 0 Å². The van der Waals surface area contributed by atoms with Gasteiger partial charge in [-0.3, -0.25) is 9.59 Å². The molecule has 1 atom stereocenters. The monoisotopic (exact) mass is 421 g/mol. The summed E-state index contributed by atoms with van der Waals surface area (Å²) in [4.78, 5) is 29.8. The lowest BCUT2D eigenvalue weighted by Gasteiger charge is -2.25. The summed E-state index contributed by atoms with van der Waals surface area (Å²) in [5.74, 6) is 0.726. The lowest BCUT2D eigenvalue weighted by molar-refractivity contribution is -0.858. The molecular formula is C25H29N2O4+. The van der Waals surface area contributed by atoms with E-state index in [1.54, 1.807) is 23.1 Å². The normalized spacial score (nSPS) is 15.7. The first-order chi connectivity index (χ1) is 15.0. The smallest absolute Gasteiger partial charge is 0.290 e. The average molecular weight is 422 g/mol. The molecule has 1 aliphatic heterocycles. The molecule has 1 N–H and O–H groups in total. The van der Waals surface area contributed by atoms with Gasteiger partial charge in [0.05, 0.1) is 44.2 Å². The molecule has 0 saturated heterocycles. The number of nitrogens with one attached hydrogen (secondary N) is 1. The first-order valence-corrected chi connectivity index (χ1v) is 10.9. The molecule has 0 bridgehead atoms. The summed E-state index contributed by atoms with van der Waals surface area (Å²) in [6.07, 6.45) is 1.77. The van der Waals surface area contributed by atoms with Gasteiger partial charge in [-0.1, -0.05) is 31.2 Å². The summed E-state index contributed by atoms with van der Waals surface area (Å²) in [5, 5.41) is 0.501. The number of rotatable bonds is 8. The van der Waals surface area contributed by atoms with E-state index in [1.807, 2.05) is 30.3 Å². The van der Waals surface area contributed by atoms with Gasteiger partial charge in [-0.2, -0.15) is 0 Å². The van der Waals surface area contributed by atoms with Crippen LogP contribution in [0.3, 0.4) is 0 Å². The Morgan fingerprint density at radius 2 is 1.81 bits per heavy atom. The minimum atomic E-state index is -0.458. The van der Waals surface area contributed by atoms with Crippen LogP contribution in [0.2, 0.25) is 0 Å². The van der Waals surface area contributed by atoms with Crippen LogP contribution < -0.4 is 15.1 Å². The Balaban J connectivity index is 1.78. The number of carbonyl (C=O) groups is 1. The number of quaternary nitrogens is 1. The number of ether oxygens (including phenoxy) is 1. The summed E-state index contributed by atoms with van der Waals surface area (Å²) in [6, 6.07) is 14.3. The van der Waals surface area contributed by atoms with Gasteiger partial charge in [0.15, 0.2) is 5.43 Å². The minimum absolute atomic E-state index is 0.137. The maximum Gasteiger partial charge on any atom is 0.290 e. The zero-order valence-electron chi connectivity index (χ0n) is 18.3. The molecule has 6 heteroatoms. The van der Waals surface area contributed by atoms with Gasteiger partial charge in [-0.15, -0.1) is 0 Å². The predicted octanol–water partition coefficient (Wildman–Crippen LogP) is 2.66. The van der Waals surface area contributed by atoms with E-state index in [1.165, 1.54) is 4.90 Å². The van der Waals surface area contributed by atoms with Gasteiger partial charge in [0, 0.05) is 13.0 Å². The summed E-state index contributed by atoms with van der Waals surface area (Å²) < 4.78 is 11.7. The van der Waals surface area contributed by atoms with E-state index in [-0.39, 0.29) is 17.1 Å². The highest BCUT2D eigenvalue weighted by Gasteiger charge is 2.42. The minimum Gasteiger partial charge on any atom is -0.494 e. The Bertz CT molecular complexity index is 1130. The first-order valence-electron chi connectivity index (χ1n) is 10.9. The molecule has 1 aliphatic rings. The van der Waals surface area contributed by atoms with E-state index in [0.717, 1.165) is 30.7 Å². The molecule has 0 unspecified atom stereocenters. The largest absolute Gasteiger partial charge is 0.494 e. The van der Waals surface area contributed by atoms with Crippen LogP contribution in [0.4, 0.5) is 0 Å². The summed E-state index contributed by atoms with van der Waals surface area (Å²) in [7, 11) is 4.18. The second-order valence-corrected chi connectivity index (χ2v) is 8.30. The summed E-state index contributed by atoms with van der Waals surface area (Å²) >= 11 is 0. The van der Waals surface area contributed by atoms with E-state index in [2.05, 4.69) is 21.0 Å². The fourth-order valence-corrected chi connectivity index (χ4v) is 4.11. The molecule has 3 aromatic rings. The van der Waals surface area contributed by atoms with Crippen molar-refractivity contribution in [2.45, 2.75) is 25.8 Å². The SMILES string of the molecule is CCCOc1ccc([C@H]2c3c(oc4ccccc4c3=O)C(=O)N2CCC[NH+](C)C)cc1. The Labute approximate surface area is 182 Å². The maximum absolute atomic E-state index is 13.4. The fourth-order valence-electron chi connectivity index (χ4n) is 4.11. The topological polar surface area (TPSA) is 64.2 Å². The van der Waals surface area contributed by atoms with E-state index < -0.39 is 6.04 Å². The van der Waals surface area contributed by atoms with Crippen molar-refractivity contribution in [1.29, 1.82) is 0 Å². The maximum atomic E-state index is 13.4. The molecule has 31 heavy (non-hydrogen) atoms. The summed E-state index contributed by atoms with van der Waals surface area (Å²) in [5.41, 5.74) is 1.63. The van der Waals surface area contributed by atoms with E-state index >= 15 is 0 Å². The second-order valence-electron chi connectivity index (χ2n) is 8.30. The molecule has 4 rings (SSSR count). The number of nitrogens with zero attached hydrogens (tertiary/aromatic N) is 1. The molecule has 0 spiro atoms. The number of hydrogen-bond donors (Lipinski definition) is 1. The standard InChI is InChI=1S/C25H28N2O4/c1-4-16-30-18-12-10-17(11-13-18)22-21-23(28)19-8-5-6-9-20(19)31-24(21)25(29)27(22)15-7-14-26(2)3/h5-6,8-13,22H,4,7,14-16H2,1-3H3/p+1/t22-/m0/s1. The third-order valence-electron chi connectivity index (χ3n) is 5.62. The summed E-state index contributed by atoms with van der Waals surface area (Å²) in [6.45, 7) is 4.20. The van der Waals surface area contributed by atoms with E-state index in [4.69, 9.17) is 9.15 Å². The van der Waals surface area contributed by atoms with Gasteiger partial charge in [0.2, 0.25) is 5.76 Å². The van der Waals surface area contributed by atoms with Crippen molar-refractivity contribution in [3.8, 4) is 5.75 Å². The Hall–Kier alpha value is -3.12. The highest BCUT2D eigenvalue weighted by atomic mass is 16.5. The van der Waals surface area contributed by atoms with E-state index in [0.29, 0.717) is 29.7 Å². The molecule has 6 nitrogen and oxygen atoms in total. The van der Waals surface area contributed by atoms with Crippen LogP contribution >= 0.6 is 0 Å². The van der Waals surface area contributed by atoms with Crippen molar-refractivity contribution in [2.24, 2.45) is 0 Å². The van der Waals surface area contributed by atoms with Crippen molar-refractivity contribution in [1.82, 2.24) is 4.90 Å². The van der Waals surface area contributed by atoms with Crippen LogP contribution in [-0.4, -0.2) is 44.6 Å². The third-order valence-corrected chi connectivity index (χ3v) is 5.62. The molecule has 0 saturated carbocycles.